The summed E-state index contributed by atoms with van der Waals surface area (Å²) in [6.45, 7) is 0.755. The predicted molar refractivity (Wildman–Crippen MR) is 135 cm³/mol. The van der Waals surface area contributed by atoms with Crippen molar-refractivity contribution in [2.24, 2.45) is 0 Å². The highest BCUT2D eigenvalue weighted by atomic mass is 16.5. The van der Waals surface area contributed by atoms with Gasteiger partial charge in [-0.25, -0.2) is 0 Å². The van der Waals surface area contributed by atoms with Crippen LogP contribution in [0.15, 0.2) is 109 Å². The fourth-order valence-corrected chi connectivity index (χ4v) is 4.39. The first kappa shape index (κ1) is 22.4. The van der Waals surface area contributed by atoms with E-state index >= 15 is 0 Å². The van der Waals surface area contributed by atoms with Gasteiger partial charge in [0.05, 0.1) is 5.56 Å². The van der Waals surface area contributed by atoms with Gasteiger partial charge in [0.15, 0.2) is 0 Å². The molecule has 1 aliphatic heterocycles. The summed E-state index contributed by atoms with van der Waals surface area (Å²) in [6.07, 6.45) is 0.701. The number of benzene rings is 4. The number of hydrogen-bond acceptors (Lipinski definition) is 3. The second kappa shape index (κ2) is 10.3. The van der Waals surface area contributed by atoms with E-state index in [0.717, 1.165) is 11.1 Å². The van der Waals surface area contributed by atoms with Crippen LogP contribution in [-0.4, -0.2) is 23.3 Å². The third-order valence-corrected chi connectivity index (χ3v) is 6.12. The van der Waals surface area contributed by atoms with Crippen LogP contribution in [0.2, 0.25) is 0 Å². The van der Waals surface area contributed by atoms with Gasteiger partial charge < -0.3 is 15.0 Å². The highest BCUT2D eigenvalue weighted by Crippen LogP contribution is 2.39. The van der Waals surface area contributed by atoms with Crippen molar-refractivity contribution in [2.45, 2.75) is 19.0 Å². The summed E-state index contributed by atoms with van der Waals surface area (Å²) in [5, 5.41) is 3.06. The average molecular weight is 463 g/mol. The fourth-order valence-electron chi connectivity index (χ4n) is 4.39. The molecule has 2 amide bonds. The summed E-state index contributed by atoms with van der Waals surface area (Å²) in [5.74, 6) is 0.558. The zero-order chi connectivity index (χ0) is 24.0. The van der Waals surface area contributed by atoms with E-state index < -0.39 is 6.04 Å². The van der Waals surface area contributed by atoms with Crippen molar-refractivity contribution in [2.75, 3.05) is 6.54 Å². The Morgan fingerprint density at radius 1 is 0.743 bits per heavy atom. The van der Waals surface area contributed by atoms with E-state index in [-0.39, 0.29) is 11.8 Å². The van der Waals surface area contributed by atoms with Crippen LogP contribution in [0.3, 0.4) is 0 Å². The van der Waals surface area contributed by atoms with Crippen LogP contribution < -0.4 is 10.1 Å². The minimum Gasteiger partial charge on any atom is -0.456 e. The predicted octanol–water partition coefficient (Wildman–Crippen LogP) is 5.53. The lowest BCUT2D eigenvalue weighted by molar-refractivity contribution is -0.126. The van der Waals surface area contributed by atoms with Gasteiger partial charge in [-0.3, -0.25) is 9.59 Å². The Labute approximate surface area is 205 Å². The van der Waals surface area contributed by atoms with Gasteiger partial charge in [0.2, 0.25) is 5.91 Å². The standard InChI is InChI=1S/C30H26N2O3/c33-29(31-20-19-22-11-3-1-4-12-22)28-24-15-7-9-17-26(24)35-27-18-10-8-16-25(27)30(34)32(28)21-23-13-5-2-6-14-23/h1-18,28H,19-21H2,(H,31,33). The topological polar surface area (TPSA) is 58.6 Å². The minimum absolute atomic E-state index is 0.236. The monoisotopic (exact) mass is 462 g/mol. The number of nitrogens with one attached hydrogen (secondary N) is 1. The second-order valence-electron chi connectivity index (χ2n) is 8.48. The first-order chi connectivity index (χ1) is 17.2. The number of carbonyl (C=O) groups is 2. The number of fused-ring (bicyclic) bond motifs is 2. The first-order valence-corrected chi connectivity index (χ1v) is 11.7. The molecule has 1 N–H and O–H groups in total. The second-order valence-corrected chi connectivity index (χ2v) is 8.48. The molecule has 4 aromatic carbocycles. The van der Waals surface area contributed by atoms with Crippen LogP contribution in [0.1, 0.15) is 33.1 Å². The van der Waals surface area contributed by atoms with Crippen molar-refractivity contribution in [3.63, 3.8) is 0 Å². The molecule has 0 spiro atoms. The van der Waals surface area contributed by atoms with Crippen molar-refractivity contribution in [1.82, 2.24) is 10.2 Å². The first-order valence-electron chi connectivity index (χ1n) is 11.7. The van der Waals surface area contributed by atoms with E-state index in [0.29, 0.717) is 42.1 Å². The molecule has 5 heteroatoms. The molecule has 35 heavy (non-hydrogen) atoms. The number of ether oxygens (including phenoxy) is 1. The Morgan fingerprint density at radius 2 is 1.34 bits per heavy atom. The van der Waals surface area contributed by atoms with E-state index in [4.69, 9.17) is 4.74 Å². The summed E-state index contributed by atoms with van der Waals surface area (Å²) in [7, 11) is 0. The molecule has 1 aliphatic rings. The van der Waals surface area contributed by atoms with Gasteiger partial charge in [-0.15, -0.1) is 0 Å². The van der Waals surface area contributed by atoms with Crippen LogP contribution in [-0.2, 0) is 17.8 Å². The summed E-state index contributed by atoms with van der Waals surface area (Å²) in [6, 6.07) is 33.5. The molecule has 0 saturated heterocycles. The van der Waals surface area contributed by atoms with E-state index in [1.807, 2.05) is 97.1 Å². The number of hydrogen-bond donors (Lipinski definition) is 1. The summed E-state index contributed by atoms with van der Waals surface area (Å²) in [4.78, 5) is 29.2. The van der Waals surface area contributed by atoms with Crippen molar-refractivity contribution in [3.05, 3.63) is 131 Å². The van der Waals surface area contributed by atoms with Gasteiger partial charge in [0.25, 0.3) is 5.91 Å². The molecule has 0 aromatic heterocycles. The smallest absolute Gasteiger partial charge is 0.258 e. The van der Waals surface area contributed by atoms with Crippen molar-refractivity contribution >= 4 is 11.8 Å². The zero-order valence-corrected chi connectivity index (χ0v) is 19.3. The molecule has 1 heterocycles. The quantitative estimate of drug-likeness (QED) is 0.410. The molecule has 1 unspecified atom stereocenters. The molecule has 174 valence electrons. The van der Waals surface area contributed by atoms with Crippen molar-refractivity contribution < 1.29 is 14.3 Å². The number of carbonyl (C=O) groups excluding carboxylic acids is 2. The Kier molecular flexibility index (Phi) is 6.57. The number of rotatable bonds is 6. The lowest BCUT2D eigenvalue weighted by atomic mass is 9.99. The Hall–Kier alpha value is -4.38. The van der Waals surface area contributed by atoms with Crippen LogP contribution in [0, 0.1) is 0 Å². The maximum Gasteiger partial charge on any atom is 0.258 e. The molecule has 1 atom stereocenters. The molecular formula is C30H26N2O3. The Morgan fingerprint density at radius 3 is 2.09 bits per heavy atom. The van der Waals surface area contributed by atoms with Crippen molar-refractivity contribution in [3.8, 4) is 11.5 Å². The molecule has 0 aliphatic carbocycles. The van der Waals surface area contributed by atoms with Gasteiger partial charge in [-0.2, -0.15) is 0 Å². The molecule has 0 bridgehead atoms. The third-order valence-electron chi connectivity index (χ3n) is 6.12. The molecule has 4 aromatic rings. The van der Waals surface area contributed by atoms with Gasteiger partial charge in [0.1, 0.15) is 17.5 Å². The van der Waals surface area contributed by atoms with Gasteiger partial charge in [-0.1, -0.05) is 91.0 Å². The number of para-hydroxylation sites is 2. The van der Waals surface area contributed by atoms with E-state index in [1.54, 1.807) is 17.0 Å². The molecule has 5 rings (SSSR count). The highest BCUT2D eigenvalue weighted by molar-refractivity contribution is 6.00. The zero-order valence-electron chi connectivity index (χ0n) is 19.3. The summed E-state index contributed by atoms with van der Waals surface area (Å²) >= 11 is 0. The molecule has 0 fully saturated rings. The van der Waals surface area contributed by atoms with E-state index in [2.05, 4.69) is 5.32 Å². The Bertz CT molecular complexity index is 1320. The van der Waals surface area contributed by atoms with E-state index in [1.165, 1.54) is 0 Å². The van der Waals surface area contributed by atoms with Gasteiger partial charge >= 0.3 is 0 Å². The normalized spacial score (nSPS) is 14.7. The van der Waals surface area contributed by atoms with Crippen LogP contribution in [0.5, 0.6) is 11.5 Å². The third kappa shape index (κ3) is 4.94. The van der Waals surface area contributed by atoms with Crippen LogP contribution in [0.4, 0.5) is 0 Å². The fraction of sp³-hybridized carbons (Fsp3) is 0.133. The summed E-state index contributed by atoms with van der Waals surface area (Å²) < 4.78 is 6.18. The van der Waals surface area contributed by atoms with Crippen LogP contribution >= 0.6 is 0 Å². The lowest BCUT2D eigenvalue weighted by Crippen LogP contribution is -2.44. The number of nitrogens with zero attached hydrogens (tertiary/aromatic N) is 1. The number of amides is 2. The maximum atomic E-state index is 13.9. The molecule has 0 radical (unpaired) electrons. The largest absolute Gasteiger partial charge is 0.456 e. The van der Waals surface area contributed by atoms with Crippen molar-refractivity contribution in [1.29, 1.82) is 0 Å². The average Bonchev–Trinajstić information content (AvgIpc) is 2.90. The highest BCUT2D eigenvalue weighted by Gasteiger charge is 2.36. The maximum absolute atomic E-state index is 13.9. The SMILES string of the molecule is O=C(NCCc1ccccc1)C1c2ccccc2Oc2ccccc2C(=O)N1Cc1ccccc1. The Balaban J connectivity index is 1.53. The van der Waals surface area contributed by atoms with Gasteiger partial charge in [0, 0.05) is 18.7 Å². The van der Waals surface area contributed by atoms with E-state index in [9.17, 15) is 9.59 Å². The summed E-state index contributed by atoms with van der Waals surface area (Å²) in [5.41, 5.74) is 3.17. The molecule has 5 nitrogen and oxygen atoms in total. The molecular weight excluding hydrogens is 436 g/mol. The lowest BCUT2D eigenvalue weighted by Gasteiger charge is -2.34. The van der Waals surface area contributed by atoms with Crippen LogP contribution in [0.25, 0.3) is 0 Å². The van der Waals surface area contributed by atoms with Gasteiger partial charge in [-0.05, 0) is 35.7 Å². The minimum atomic E-state index is -0.844. The molecule has 0 saturated carbocycles.